The Balaban J connectivity index is 2.42. The van der Waals surface area contributed by atoms with Crippen molar-refractivity contribution in [1.82, 2.24) is 20.6 Å². The van der Waals surface area contributed by atoms with Gasteiger partial charge in [0.25, 0.3) is 0 Å². The summed E-state index contributed by atoms with van der Waals surface area (Å²) in [5, 5.41) is 6.41. The number of hydrazine groups is 1. The van der Waals surface area contributed by atoms with Crippen LogP contribution >= 0.6 is 0 Å². The number of sulfone groups is 1. The van der Waals surface area contributed by atoms with Crippen LogP contribution in [0.1, 0.15) is 31.6 Å². The zero-order chi connectivity index (χ0) is 12.0. The number of rotatable bonds is 7. The summed E-state index contributed by atoms with van der Waals surface area (Å²) in [6.45, 7) is 1.64. The summed E-state index contributed by atoms with van der Waals surface area (Å²) >= 11 is 0. The Labute approximate surface area is 94.7 Å². The molecule has 1 rings (SSSR count). The van der Waals surface area contributed by atoms with Gasteiger partial charge in [-0.3, -0.25) is 10.9 Å². The maximum atomic E-state index is 11.3. The van der Waals surface area contributed by atoms with Gasteiger partial charge < -0.3 is 0 Å². The number of hydrogen-bond donors (Lipinski definition) is 3. The molecule has 0 bridgehead atoms. The summed E-state index contributed by atoms with van der Waals surface area (Å²) in [6, 6.07) is -0.186. The van der Waals surface area contributed by atoms with Crippen molar-refractivity contribution in [3.63, 3.8) is 0 Å². The largest absolute Gasteiger partial charge is 0.271 e. The Kier molecular flexibility index (Phi) is 4.84. The fourth-order valence-electron chi connectivity index (χ4n) is 1.33. The number of nitrogens with two attached hydrogens (primary N) is 1. The zero-order valence-corrected chi connectivity index (χ0v) is 10.00. The van der Waals surface area contributed by atoms with E-state index in [1.54, 1.807) is 6.92 Å². The highest BCUT2D eigenvalue weighted by Gasteiger charge is 2.14. The van der Waals surface area contributed by atoms with Gasteiger partial charge in [-0.15, -0.1) is 0 Å². The molecule has 0 saturated heterocycles. The molecule has 1 unspecified atom stereocenters. The third kappa shape index (κ3) is 3.87. The van der Waals surface area contributed by atoms with Gasteiger partial charge in [-0.2, -0.15) is 5.10 Å². The molecule has 92 valence electrons. The zero-order valence-electron chi connectivity index (χ0n) is 9.18. The van der Waals surface area contributed by atoms with E-state index in [0.29, 0.717) is 18.7 Å². The van der Waals surface area contributed by atoms with E-state index in [0.717, 1.165) is 0 Å². The maximum absolute atomic E-state index is 11.3. The van der Waals surface area contributed by atoms with Gasteiger partial charge in [0, 0.05) is 5.75 Å². The lowest BCUT2D eigenvalue weighted by Crippen LogP contribution is -2.29. The fraction of sp³-hybridized carbons (Fsp3) is 0.750. The number of H-pyrrole nitrogens is 1. The minimum Gasteiger partial charge on any atom is -0.271 e. The standard InChI is InChI=1S/C8H17N5O2S/c1-2-16(14,15)5-3-4-7(12-9)8-10-6-11-13-8/h6-7,12H,2-5,9H2,1H3,(H,10,11,13). The predicted octanol–water partition coefficient (Wildman–Crippen LogP) is -0.476. The van der Waals surface area contributed by atoms with Gasteiger partial charge in [0.1, 0.15) is 22.0 Å². The number of hydrogen-bond acceptors (Lipinski definition) is 6. The quantitative estimate of drug-likeness (QED) is 0.443. The van der Waals surface area contributed by atoms with Crippen LogP contribution in [-0.2, 0) is 9.84 Å². The molecule has 1 heterocycles. The minimum atomic E-state index is -2.91. The first-order valence-corrected chi connectivity index (χ1v) is 6.93. The Morgan fingerprint density at radius 3 is 2.88 bits per heavy atom. The Bertz CT molecular complexity index is 389. The van der Waals surface area contributed by atoms with Crippen molar-refractivity contribution in [3.05, 3.63) is 12.2 Å². The van der Waals surface area contributed by atoms with Crippen molar-refractivity contribution in [1.29, 1.82) is 0 Å². The van der Waals surface area contributed by atoms with E-state index in [2.05, 4.69) is 20.6 Å². The third-order valence-electron chi connectivity index (χ3n) is 2.35. The second kappa shape index (κ2) is 5.92. The lowest BCUT2D eigenvalue weighted by Gasteiger charge is -2.12. The molecule has 0 radical (unpaired) electrons. The molecule has 4 N–H and O–H groups in total. The van der Waals surface area contributed by atoms with E-state index in [-0.39, 0.29) is 17.5 Å². The molecule has 0 amide bonds. The SMILES string of the molecule is CCS(=O)(=O)CCCC(NN)c1ncn[nH]1. The number of nitrogens with one attached hydrogen (secondary N) is 2. The van der Waals surface area contributed by atoms with Crippen LogP contribution < -0.4 is 11.3 Å². The molecule has 0 saturated carbocycles. The number of aromatic amines is 1. The van der Waals surface area contributed by atoms with Crippen LogP contribution in [0.5, 0.6) is 0 Å². The predicted molar refractivity (Wildman–Crippen MR) is 60.0 cm³/mol. The lowest BCUT2D eigenvalue weighted by atomic mass is 10.2. The summed E-state index contributed by atoms with van der Waals surface area (Å²) in [5.41, 5.74) is 2.58. The second-order valence-electron chi connectivity index (χ2n) is 3.47. The monoisotopic (exact) mass is 247 g/mol. The molecular formula is C8H17N5O2S. The number of nitrogens with zero attached hydrogens (tertiary/aromatic N) is 2. The summed E-state index contributed by atoms with van der Waals surface area (Å²) in [4.78, 5) is 3.96. The molecule has 0 aliphatic carbocycles. The summed E-state index contributed by atoms with van der Waals surface area (Å²) in [5.74, 6) is 6.33. The van der Waals surface area contributed by atoms with Crippen molar-refractivity contribution in [2.75, 3.05) is 11.5 Å². The first-order valence-electron chi connectivity index (χ1n) is 5.11. The van der Waals surface area contributed by atoms with Crippen molar-refractivity contribution >= 4 is 9.84 Å². The molecule has 0 aliphatic heterocycles. The van der Waals surface area contributed by atoms with E-state index >= 15 is 0 Å². The van der Waals surface area contributed by atoms with Crippen molar-refractivity contribution in [2.24, 2.45) is 5.84 Å². The van der Waals surface area contributed by atoms with E-state index in [4.69, 9.17) is 5.84 Å². The number of aromatic nitrogens is 3. The van der Waals surface area contributed by atoms with Gasteiger partial charge in [-0.1, -0.05) is 6.92 Å². The van der Waals surface area contributed by atoms with Crippen LogP contribution in [0.25, 0.3) is 0 Å². The Morgan fingerprint density at radius 1 is 1.62 bits per heavy atom. The van der Waals surface area contributed by atoms with E-state index < -0.39 is 9.84 Å². The average Bonchev–Trinajstić information content (AvgIpc) is 2.78. The molecule has 0 spiro atoms. The van der Waals surface area contributed by atoms with Crippen LogP contribution in [0, 0.1) is 0 Å². The van der Waals surface area contributed by atoms with E-state index in [1.807, 2.05) is 0 Å². The van der Waals surface area contributed by atoms with Crippen molar-refractivity contribution in [3.8, 4) is 0 Å². The van der Waals surface area contributed by atoms with E-state index in [1.165, 1.54) is 6.33 Å². The molecule has 0 aromatic carbocycles. The van der Waals surface area contributed by atoms with Crippen LogP contribution in [0.15, 0.2) is 6.33 Å². The molecule has 0 aliphatic rings. The van der Waals surface area contributed by atoms with Gasteiger partial charge >= 0.3 is 0 Å². The lowest BCUT2D eigenvalue weighted by molar-refractivity contribution is 0.485. The normalized spacial score (nSPS) is 13.9. The van der Waals surface area contributed by atoms with Gasteiger partial charge in [0.15, 0.2) is 0 Å². The highest BCUT2D eigenvalue weighted by Crippen LogP contribution is 2.13. The molecule has 0 fully saturated rings. The Morgan fingerprint density at radius 2 is 2.38 bits per heavy atom. The van der Waals surface area contributed by atoms with Gasteiger partial charge in [0.05, 0.1) is 11.8 Å². The molecule has 1 aromatic heterocycles. The van der Waals surface area contributed by atoms with Crippen LogP contribution in [0.4, 0.5) is 0 Å². The van der Waals surface area contributed by atoms with Gasteiger partial charge in [-0.05, 0) is 12.8 Å². The molecule has 1 atom stereocenters. The van der Waals surface area contributed by atoms with Crippen molar-refractivity contribution < 1.29 is 8.42 Å². The summed E-state index contributed by atoms with van der Waals surface area (Å²) in [6.07, 6.45) is 2.54. The topological polar surface area (TPSA) is 114 Å². The summed E-state index contributed by atoms with van der Waals surface area (Å²) in [7, 11) is -2.91. The maximum Gasteiger partial charge on any atom is 0.150 e. The second-order valence-corrected chi connectivity index (χ2v) is 5.94. The van der Waals surface area contributed by atoms with E-state index in [9.17, 15) is 8.42 Å². The van der Waals surface area contributed by atoms with Gasteiger partial charge in [0.2, 0.25) is 0 Å². The Hall–Kier alpha value is -0.990. The smallest absolute Gasteiger partial charge is 0.150 e. The molecule has 16 heavy (non-hydrogen) atoms. The van der Waals surface area contributed by atoms with Crippen LogP contribution in [0.3, 0.4) is 0 Å². The van der Waals surface area contributed by atoms with Crippen LogP contribution in [0.2, 0.25) is 0 Å². The minimum absolute atomic E-state index is 0.176. The molecular weight excluding hydrogens is 230 g/mol. The first-order chi connectivity index (χ1) is 7.59. The first kappa shape index (κ1) is 13.1. The third-order valence-corrected chi connectivity index (χ3v) is 4.14. The van der Waals surface area contributed by atoms with Crippen molar-refractivity contribution in [2.45, 2.75) is 25.8 Å². The summed E-state index contributed by atoms with van der Waals surface area (Å²) < 4.78 is 22.5. The van der Waals surface area contributed by atoms with Gasteiger partial charge in [-0.25, -0.2) is 18.8 Å². The average molecular weight is 247 g/mol. The molecule has 8 heteroatoms. The highest BCUT2D eigenvalue weighted by atomic mass is 32.2. The highest BCUT2D eigenvalue weighted by molar-refractivity contribution is 7.91. The molecule has 7 nitrogen and oxygen atoms in total. The van der Waals surface area contributed by atoms with Crippen LogP contribution in [-0.4, -0.2) is 35.1 Å². The fourth-order valence-corrected chi connectivity index (χ4v) is 2.23. The molecule has 1 aromatic rings.